The molecule has 0 amide bonds. The van der Waals surface area contributed by atoms with Crippen LogP contribution in [0.15, 0.2) is 0 Å². The van der Waals surface area contributed by atoms with Gasteiger partial charge < -0.3 is 9.79 Å². The molecule has 7 heteroatoms. The molecule has 0 spiro atoms. The van der Waals surface area contributed by atoms with E-state index in [2.05, 4.69) is 36.4 Å². The fraction of sp³-hybridized carbons (Fsp3) is 1.00. The third kappa shape index (κ3) is 9.07. The Morgan fingerprint density at radius 2 is 2.00 bits per heavy atom. The maximum absolute atomic E-state index is 10.1. The number of halogens is 2. The topological polar surface area (TPSA) is 66.8 Å². The van der Waals surface area contributed by atoms with Crippen molar-refractivity contribution in [1.29, 1.82) is 0 Å². The lowest BCUT2D eigenvalue weighted by Crippen LogP contribution is -1.96. The van der Waals surface area contributed by atoms with Gasteiger partial charge in [0.15, 0.2) is 0 Å². The largest absolute Gasteiger partial charge is 0.469 e. The molecular formula is C3H7Br2O4P. The molecule has 0 aliphatic carbocycles. The Morgan fingerprint density at radius 3 is 2.30 bits per heavy atom. The smallest absolute Gasteiger partial charge is 0.303 e. The number of rotatable bonds is 4. The Balaban J connectivity index is 3.30. The molecule has 0 saturated heterocycles. The van der Waals surface area contributed by atoms with E-state index in [1.807, 2.05) is 0 Å². The molecule has 0 aromatic heterocycles. The van der Waals surface area contributed by atoms with Gasteiger partial charge >= 0.3 is 7.82 Å². The van der Waals surface area contributed by atoms with Crippen LogP contribution in [0.25, 0.3) is 0 Å². The van der Waals surface area contributed by atoms with E-state index in [1.54, 1.807) is 0 Å². The maximum atomic E-state index is 10.1. The van der Waals surface area contributed by atoms with Crippen LogP contribution in [0.1, 0.15) is 6.42 Å². The van der Waals surface area contributed by atoms with Crippen molar-refractivity contribution in [2.24, 2.45) is 0 Å². The summed E-state index contributed by atoms with van der Waals surface area (Å²) >= 11 is 6.25. The van der Waals surface area contributed by atoms with Gasteiger partial charge in [0.1, 0.15) is 0 Å². The van der Waals surface area contributed by atoms with Crippen LogP contribution in [-0.4, -0.2) is 20.1 Å². The fourth-order valence-corrected chi connectivity index (χ4v) is 0.978. The van der Waals surface area contributed by atoms with Crippen molar-refractivity contribution in [1.82, 2.24) is 0 Å². The van der Waals surface area contributed by atoms with E-state index < -0.39 is 7.82 Å². The lowest BCUT2D eigenvalue weighted by atomic mass is 10.5. The fourth-order valence-electron chi connectivity index (χ4n) is 0.261. The minimum absolute atomic E-state index is 0.0332. The molecule has 2 N–H and O–H groups in total. The van der Waals surface area contributed by atoms with E-state index in [4.69, 9.17) is 9.79 Å². The zero-order valence-corrected chi connectivity index (χ0v) is 8.97. The van der Waals surface area contributed by atoms with E-state index in [-0.39, 0.29) is 10.3 Å². The van der Waals surface area contributed by atoms with E-state index in [9.17, 15) is 4.57 Å². The Morgan fingerprint density at radius 1 is 1.50 bits per heavy atom. The molecule has 0 unspecified atom stereocenters. The van der Waals surface area contributed by atoms with Crippen molar-refractivity contribution in [3.05, 3.63) is 0 Å². The second-order valence-corrected chi connectivity index (χ2v) is 6.18. The monoisotopic (exact) mass is 296 g/mol. The summed E-state index contributed by atoms with van der Waals surface area (Å²) in [6.45, 7) is 0.0332. The van der Waals surface area contributed by atoms with Crippen LogP contribution in [0.5, 0.6) is 0 Å². The molecule has 0 fully saturated rings. The van der Waals surface area contributed by atoms with Crippen molar-refractivity contribution in [3.63, 3.8) is 0 Å². The van der Waals surface area contributed by atoms with Gasteiger partial charge in [-0.15, -0.1) is 0 Å². The van der Waals surface area contributed by atoms with Gasteiger partial charge in [-0.25, -0.2) is 4.57 Å². The number of hydrogen-bond donors (Lipinski definition) is 2. The van der Waals surface area contributed by atoms with Crippen molar-refractivity contribution < 1.29 is 18.9 Å². The van der Waals surface area contributed by atoms with Crippen LogP contribution in [0.4, 0.5) is 0 Å². The first-order chi connectivity index (χ1) is 4.42. The zero-order valence-electron chi connectivity index (χ0n) is 4.91. The summed E-state index contributed by atoms with van der Waals surface area (Å²) in [5, 5.41) is 0. The van der Waals surface area contributed by atoms with Crippen molar-refractivity contribution in [2.75, 3.05) is 6.61 Å². The Bertz CT molecular complexity index is 132. The molecule has 10 heavy (non-hydrogen) atoms. The number of alkyl halides is 2. The average molecular weight is 298 g/mol. The van der Waals surface area contributed by atoms with Crippen molar-refractivity contribution in [2.45, 2.75) is 10.2 Å². The Kier molecular flexibility index (Phi) is 5.37. The van der Waals surface area contributed by atoms with E-state index >= 15 is 0 Å². The number of phosphoric ester groups is 1. The highest BCUT2D eigenvalue weighted by Crippen LogP contribution is 2.36. The van der Waals surface area contributed by atoms with E-state index in [0.29, 0.717) is 6.42 Å². The predicted octanol–water partition coefficient (Wildman–Crippen LogP) is 1.60. The Labute approximate surface area is 75.5 Å². The molecule has 0 saturated carbocycles. The van der Waals surface area contributed by atoms with Gasteiger partial charge in [-0.2, -0.15) is 0 Å². The average Bonchev–Trinajstić information content (AvgIpc) is 1.59. The van der Waals surface area contributed by atoms with Gasteiger partial charge in [-0.1, -0.05) is 31.9 Å². The third-order valence-electron chi connectivity index (χ3n) is 0.596. The highest BCUT2D eigenvalue weighted by molar-refractivity contribution is 9.24. The molecule has 0 radical (unpaired) electrons. The van der Waals surface area contributed by atoms with Crippen LogP contribution in [-0.2, 0) is 9.09 Å². The summed E-state index contributed by atoms with van der Waals surface area (Å²) in [4.78, 5) is 16.4. The maximum Gasteiger partial charge on any atom is 0.469 e. The minimum atomic E-state index is -4.26. The number of phosphoric acid groups is 1. The molecule has 0 aromatic rings. The van der Waals surface area contributed by atoms with Gasteiger partial charge in [0, 0.05) is 0 Å². The second kappa shape index (κ2) is 4.85. The Hall–Kier alpha value is 1.07. The first-order valence-electron chi connectivity index (χ1n) is 2.40. The highest BCUT2D eigenvalue weighted by Gasteiger charge is 2.13. The molecule has 4 nitrogen and oxygen atoms in total. The van der Waals surface area contributed by atoms with Gasteiger partial charge in [-0.3, -0.25) is 4.52 Å². The molecule has 0 aromatic carbocycles. The van der Waals surface area contributed by atoms with Crippen LogP contribution in [0.3, 0.4) is 0 Å². The summed E-state index contributed by atoms with van der Waals surface area (Å²) in [6.07, 6.45) is 0.505. The highest BCUT2D eigenvalue weighted by atomic mass is 79.9. The molecule has 0 aliphatic heterocycles. The first kappa shape index (κ1) is 11.1. The lowest BCUT2D eigenvalue weighted by molar-refractivity contribution is 0.197. The van der Waals surface area contributed by atoms with Crippen molar-refractivity contribution in [3.8, 4) is 0 Å². The van der Waals surface area contributed by atoms with Crippen LogP contribution < -0.4 is 0 Å². The molecule has 0 aliphatic rings. The summed E-state index contributed by atoms with van der Waals surface area (Å²) in [6, 6.07) is 0. The molecule has 0 heterocycles. The van der Waals surface area contributed by atoms with Crippen LogP contribution in [0.2, 0.25) is 0 Å². The van der Waals surface area contributed by atoms with Gasteiger partial charge in [0.2, 0.25) is 0 Å². The predicted molar refractivity (Wildman–Crippen MR) is 44.3 cm³/mol. The van der Waals surface area contributed by atoms with E-state index in [0.717, 1.165) is 0 Å². The summed E-state index contributed by atoms with van der Waals surface area (Å²) in [7, 11) is -4.26. The molecule has 0 bridgehead atoms. The molecule has 0 rings (SSSR count). The summed E-state index contributed by atoms with van der Waals surface area (Å²) < 4.78 is 14.2. The molecule has 62 valence electrons. The van der Waals surface area contributed by atoms with Crippen molar-refractivity contribution >= 4 is 39.7 Å². The lowest BCUT2D eigenvalue weighted by Gasteiger charge is -2.04. The number of hydrogen-bond acceptors (Lipinski definition) is 2. The van der Waals surface area contributed by atoms with Gasteiger partial charge in [0.05, 0.1) is 10.3 Å². The zero-order chi connectivity index (χ0) is 8.20. The summed E-state index contributed by atoms with van der Waals surface area (Å²) in [5.41, 5.74) is 0. The summed E-state index contributed by atoms with van der Waals surface area (Å²) in [5.74, 6) is 0. The molecular weight excluding hydrogens is 291 g/mol. The quantitative estimate of drug-likeness (QED) is 0.611. The second-order valence-electron chi connectivity index (χ2n) is 1.50. The first-order valence-corrected chi connectivity index (χ1v) is 5.76. The normalized spacial score (nSPS) is 12.5. The van der Waals surface area contributed by atoms with Gasteiger partial charge in [-0.05, 0) is 6.42 Å². The van der Waals surface area contributed by atoms with E-state index in [1.165, 1.54) is 0 Å². The van der Waals surface area contributed by atoms with Crippen LogP contribution >= 0.6 is 39.7 Å². The van der Waals surface area contributed by atoms with Crippen LogP contribution in [0, 0.1) is 0 Å². The minimum Gasteiger partial charge on any atom is -0.303 e. The SMILES string of the molecule is O=P(O)(O)OCCC(Br)Br. The van der Waals surface area contributed by atoms with Gasteiger partial charge in [0.25, 0.3) is 0 Å². The third-order valence-corrected chi connectivity index (χ3v) is 2.03. The standard InChI is InChI=1S/C3H7Br2O4P/c4-3(5)1-2-9-10(6,7)8/h3H,1-2H2,(H2,6,7,8). The molecule has 0 atom stereocenters.